The zero-order chi connectivity index (χ0) is 22.0. The molecular weight excluding hydrogens is 388 g/mol. The maximum Gasteiger partial charge on any atom is 0.508 e. The van der Waals surface area contributed by atoms with Gasteiger partial charge in [0.25, 0.3) is 0 Å². The lowest BCUT2D eigenvalue weighted by atomic mass is 9.95. The van der Waals surface area contributed by atoms with Crippen LogP contribution >= 0.6 is 0 Å². The first-order chi connectivity index (χ1) is 14.5. The highest BCUT2D eigenvalue weighted by molar-refractivity contribution is 5.60. The minimum atomic E-state index is -1.35. The molecule has 30 heavy (non-hydrogen) atoms. The summed E-state index contributed by atoms with van der Waals surface area (Å²) in [6.45, 7) is 5.71. The molecule has 7 nitrogen and oxygen atoms in total. The van der Waals surface area contributed by atoms with Gasteiger partial charge in [0.05, 0.1) is 6.61 Å². The van der Waals surface area contributed by atoms with Gasteiger partial charge in [-0.1, -0.05) is 65.2 Å². The molecule has 0 aliphatic heterocycles. The van der Waals surface area contributed by atoms with Gasteiger partial charge in [0, 0.05) is 6.61 Å². The fourth-order valence-electron chi connectivity index (χ4n) is 3.72. The Hall–Kier alpha value is -1.50. The summed E-state index contributed by atoms with van der Waals surface area (Å²) in [5.41, 5.74) is 0. The number of hydrogen-bond donors (Lipinski definition) is 1. The molecule has 0 radical (unpaired) electrons. The minimum absolute atomic E-state index is 0.131. The summed E-state index contributed by atoms with van der Waals surface area (Å²) in [7, 11) is 0. The predicted octanol–water partition coefficient (Wildman–Crippen LogP) is 6.33. The van der Waals surface area contributed by atoms with E-state index in [9.17, 15) is 9.59 Å². The van der Waals surface area contributed by atoms with Gasteiger partial charge in [-0.05, 0) is 38.0 Å². The molecule has 0 saturated heterocycles. The summed E-state index contributed by atoms with van der Waals surface area (Å²) >= 11 is 0. The molecule has 1 aliphatic carbocycles. The SMILES string of the molecule is CC(C)CCCCCCCCCCOCCOC(=O)OC1CCCCC1OC(=O)O. The maximum absolute atomic E-state index is 11.8. The molecule has 0 heterocycles. The van der Waals surface area contributed by atoms with Crippen molar-refractivity contribution in [3.8, 4) is 0 Å². The van der Waals surface area contributed by atoms with Crippen molar-refractivity contribution in [1.82, 2.24) is 0 Å². The smallest absolute Gasteiger partial charge is 0.450 e. The van der Waals surface area contributed by atoms with Crippen molar-refractivity contribution < 1.29 is 33.6 Å². The van der Waals surface area contributed by atoms with E-state index < -0.39 is 24.5 Å². The van der Waals surface area contributed by atoms with Crippen LogP contribution in [0.1, 0.15) is 97.3 Å². The molecule has 0 aromatic heterocycles. The quantitative estimate of drug-likeness (QED) is 0.226. The van der Waals surface area contributed by atoms with Gasteiger partial charge in [0.1, 0.15) is 18.8 Å². The zero-order valence-electron chi connectivity index (χ0n) is 18.9. The van der Waals surface area contributed by atoms with Crippen molar-refractivity contribution in [1.29, 1.82) is 0 Å². The lowest BCUT2D eigenvalue weighted by Crippen LogP contribution is -2.37. The highest BCUT2D eigenvalue weighted by atomic mass is 16.7. The molecule has 176 valence electrons. The highest BCUT2D eigenvalue weighted by Gasteiger charge is 2.31. The van der Waals surface area contributed by atoms with Crippen LogP contribution in [0, 0.1) is 5.92 Å². The van der Waals surface area contributed by atoms with E-state index in [1.54, 1.807) is 0 Å². The van der Waals surface area contributed by atoms with E-state index in [1.807, 2.05) is 0 Å². The van der Waals surface area contributed by atoms with Crippen molar-refractivity contribution in [2.24, 2.45) is 5.92 Å². The van der Waals surface area contributed by atoms with Gasteiger partial charge in [-0.2, -0.15) is 0 Å². The predicted molar refractivity (Wildman–Crippen MR) is 115 cm³/mol. The van der Waals surface area contributed by atoms with Crippen molar-refractivity contribution in [3.63, 3.8) is 0 Å². The first kappa shape index (κ1) is 26.5. The number of carbonyl (C=O) groups excluding carboxylic acids is 1. The molecule has 1 N–H and O–H groups in total. The number of rotatable bonds is 16. The van der Waals surface area contributed by atoms with Gasteiger partial charge >= 0.3 is 12.3 Å². The Bertz CT molecular complexity index is 453. The molecular formula is C23H42O7. The molecule has 7 heteroatoms. The topological polar surface area (TPSA) is 91.3 Å². The highest BCUT2D eigenvalue weighted by Crippen LogP contribution is 2.24. The standard InChI is InChI=1S/C23H42O7/c1-19(2)13-9-7-5-3-4-6-8-12-16-27-17-18-28-23(26)30-21-15-11-10-14-20(21)29-22(24)25/h19-21H,3-18H2,1-2H3,(H,24,25). The second kappa shape index (κ2) is 17.2. The van der Waals surface area contributed by atoms with E-state index >= 15 is 0 Å². The molecule has 0 spiro atoms. The van der Waals surface area contributed by atoms with Gasteiger partial charge in [0.2, 0.25) is 0 Å². The number of ether oxygens (including phenoxy) is 4. The maximum atomic E-state index is 11.8. The van der Waals surface area contributed by atoms with Gasteiger partial charge in [0.15, 0.2) is 0 Å². The van der Waals surface area contributed by atoms with Crippen molar-refractivity contribution in [2.75, 3.05) is 19.8 Å². The van der Waals surface area contributed by atoms with Crippen LogP contribution in [0.2, 0.25) is 0 Å². The molecule has 0 aromatic carbocycles. The summed E-state index contributed by atoms with van der Waals surface area (Å²) < 4.78 is 20.5. The van der Waals surface area contributed by atoms with E-state index in [-0.39, 0.29) is 6.61 Å². The van der Waals surface area contributed by atoms with E-state index in [1.165, 1.54) is 51.4 Å². The lowest BCUT2D eigenvalue weighted by molar-refractivity contribution is -0.0678. The number of hydrogen-bond acceptors (Lipinski definition) is 6. The molecule has 1 rings (SSSR count). The Morgan fingerprint density at radius 3 is 1.97 bits per heavy atom. The summed E-state index contributed by atoms with van der Waals surface area (Å²) in [6.07, 6.45) is 11.0. The fourth-order valence-corrected chi connectivity index (χ4v) is 3.72. The third kappa shape index (κ3) is 14.5. The van der Waals surface area contributed by atoms with Crippen LogP contribution in [0.4, 0.5) is 9.59 Å². The summed E-state index contributed by atoms with van der Waals surface area (Å²) in [5.74, 6) is 0.823. The van der Waals surface area contributed by atoms with Crippen LogP contribution in [-0.2, 0) is 18.9 Å². The number of unbranched alkanes of at least 4 members (excludes halogenated alkanes) is 7. The first-order valence-electron chi connectivity index (χ1n) is 11.8. The summed E-state index contributed by atoms with van der Waals surface area (Å²) in [6, 6.07) is 0. The van der Waals surface area contributed by atoms with Crippen LogP contribution in [0.15, 0.2) is 0 Å². The first-order valence-corrected chi connectivity index (χ1v) is 11.8. The third-order valence-electron chi connectivity index (χ3n) is 5.41. The van der Waals surface area contributed by atoms with Gasteiger partial charge < -0.3 is 24.1 Å². The van der Waals surface area contributed by atoms with E-state index in [0.29, 0.717) is 26.1 Å². The Morgan fingerprint density at radius 1 is 0.800 bits per heavy atom. The van der Waals surface area contributed by atoms with Crippen LogP contribution in [0.5, 0.6) is 0 Å². The van der Waals surface area contributed by atoms with Crippen LogP contribution in [-0.4, -0.2) is 49.4 Å². The normalized spacial score (nSPS) is 18.9. The largest absolute Gasteiger partial charge is 0.508 e. The average molecular weight is 431 g/mol. The molecule has 0 amide bonds. The van der Waals surface area contributed by atoms with E-state index in [4.69, 9.17) is 24.1 Å². The van der Waals surface area contributed by atoms with E-state index in [2.05, 4.69) is 13.8 Å². The molecule has 0 aromatic rings. The van der Waals surface area contributed by atoms with Crippen molar-refractivity contribution in [2.45, 2.75) is 110 Å². The lowest BCUT2D eigenvalue weighted by Gasteiger charge is -2.29. The zero-order valence-corrected chi connectivity index (χ0v) is 18.9. The summed E-state index contributed by atoms with van der Waals surface area (Å²) in [4.78, 5) is 22.5. The number of carbonyl (C=O) groups is 2. The molecule has 1 fully saturated rings. The number of carboxylic acid groups (broad SMARTS) is 1. The Morgan fingerprint density at radius 2 is 1.37 bits per heavy atom. The average Bonchev–Trinajstić information content (AvgIpc) is 2.69. The second-order valence-electron chi connectivity index (χ2n) is 8.58. The van der Waals surface area contributed by atoms with Gasteiger partial charge in [-0.15, -0.1) is 0 Å². The van der Waals surface area contributed by atoms with Gasteiger partial charge in [-0.25, -0.2) is 9.59 Å². The Labute approximate surface area is 181 Å². The Kier molecular flexibility index (Phi) is 15.2. The Balaban J connectivity index is 1.90. The molecule has 2 unspecified atom stereocenters. The third-order valence-corrected chi connectivity index (χ3v) is 5.41. The monoisotopic (exact) mass is 430 g/mol. The fraction of sp³-hybridized carbons (Fsp3) is 0.913. The van der Waals surface area contributed by atoms with Crippen molar-refractivity contribution in [3.05, 3.63) is 0 Å². The van der Waals surface area contributed by atoms with Crippen LogP contribution in [0.3, 0.4) is 0 Å². The van der Waals surface area contributed by atoms with E-state index in [0.717, 1.165) is 25.2 Å². The molecule has 1 saturated carbocycles. The van der Waals surface area contributed by atoms with Crippen LogP contribution in [0.25, 0.3) is 0 Å². The van der Waals surface area contributed by atoms with Gasteiger partial charge in [-0.3, -0.25) is 0 Å². The van der Waals surface area contributed by atoms with Crippen molar-refractivity contribution >= 4 is 12.3 Å². The summed E-state index contributed by atoms with van der Waals surface area (Å²) in [5, 5.41) is 8.76. The molecule has 0 bridgehead atoms. The van der Waals surface area contributed by atoms with Crippen LogP contribution < -0.4 is 0 Å². The second-order valence-corrected chi connectivity index (χ2v) is 8.58. The minimum Gasteiger partial charge on any atom is -0.450 e. The molecule has 2 atom stereocenters. The molecule has 1 aliphatic rings.